The number of fused-ring (bicyclic) bond motifs is 3. The number of carbonyl (C=O) groups is 5. The van der Waals surface area contributed by atoms with E-state index in [2.05, 4.69) is 0 Å². The highest BCUT2D eigenvalue weighted by molar-refractivity contribution is 6.39. The number of amides is 1. The summed E-state index contributed by atoms with van der Waals surface area (Å²) >= 11 is 0. The number of methoxy groups -OCH3 is 3. The van der Waals surface area contributed by atoms with Crippen molar-refractivity contribution in [3.05, 3.63) is 47.6 Å². The molecular formula is C51H79NO13. The number of Topliss-reactive ketones (excluding diaryl/α,β-unsaturated/α-hetero) is 3. The Hall–Kier alpha value is -3.37. The predicted octanol–water partition coefficient (Wildman–Crippen LogP) is 6.18. The molecule has 1 amide bonds. The summed E-state index contributed by atoms with van der Waals surface area (Å²) in [6, 6.07) is -1.14. The van der Waals surface area contributed by atoms with Gasteiger partial charge in [0.1, 0.15) is 30.1 Å². The molecule has 3 N–H and O–H groups in total. The summed E-state index contributed by atoms with van der Waals surface area (Å²) in [5.74, 6) is -7.96. The molecule has 0 radical (unpaired) electrons. The van der Waals surface area contributed by atoms with E-state index in [1.165, 1.54) is 12.0 Å². The van der Waals surface area contributed by atoms with Gasteiger partial charge in [-0.15, -0.1) is 0 Å². The van der Waals surface area contributed by atoms with Gasteiger partial charge in [0.15, 0.2) is 5.78 Å². The van der Waals surface area contributed by atoms with Crippen molar-refractivity contribution in [2.45, 2.75) is 180 Å². The Morgan fingerprint density at radius 3 is 2.25 bits per heavy atom. The van der Waals surface area contributed by atoms with Gasteiger partial charge in [0, 0.05) is 58.5 Å². The minimum atomic E-state index is -2.43. The topological polar surface area (TPSA) is 195 Å². The molecule has 4 rings (SSSR count). The van der Waals surface area contributed by atoms with Crippen LogP contribution in [0, 0.1) is 35.5 Å². The number of aliphatic hydroxyl groups excluding tert-OH is 2. The third-order valence-corrected chi connectivity index (χ3v) is 14.5. The lowest BCUT2D eigenvalue weighted by Crippen LogP contribution is -2.61. The summed E-state index contributed by atoms with van der Waals surface area (Å²) in [6.45, 7) is 12.7. The van der Waals surface area contributed by atoms with Crippen molar-refractivity contribution in [1.82, 2.24) is 4.90 Å². The van der Waals surface area contributed by atoms with Crippen molar-refractivity contribution in [2.75, 3.05) is 27.9 Å². The largest absolute Gasteiger partial charge is 0.460 e. The quantitative estimate of drug-likeness (QED) is 0.156. The molecule has 14 heteroatoms. The van der Waals surface area contributed by atoms with Gasteiger partial charge in [-0.25, -0.2) is 4.79 Å². The lowest BCUT2D eigenvalue weighted by atomic mass is 9.78. The number of ketones is 3. The second-order valence-electron chi connectivity index (χ2n) is 19.6. The van der Waals surface area contributed by atoms with Gasteiger partial charge in [0.05, 0.1) is 24.4 Å². The first-order valence-corrected chi connectivity index (χ1v) is 23.9. The zero-order valence-corrected chi connectivity index (χ0v) is 40.6. The van der Waals surface area contributed by atoms with Crippen LogP contribution in [0.5, 0.6) is 0 Å². The molecule has 0 spiro atoms. The minimum Gasteiger partial charge on any atom is -0.460 e. The second kappa shape index (κ2) is 25.1. The van der Waals surface area contributed by atoms with Crippen molar-refractivity contribution >= 4 is 29.2 Å². The van der Waals surface area contributed by atoms with Gasteiger partial charge in [-0.05, 0) is 107 Å². The molecule has 1 aliphatic carbocycles. The standard InChI is InChI=1S/C51H79NO13/c1-30-16-12-11-13-17-31(2)42(61-8)28-38-21-19-36(7)51(60,65-38)48(57)49(58)52-23-15-14-18-39(52)50(59)64-43(33(4)26-37-20-22-40(53)44(27-37)62-9)29-41(54)32(3)25-35(6)46(56)47(63-10)45(55)34(5)24-30/h11-13,16-17,25,30,32-34,36-40,42-44,46-47,53,56,60H,14-15,18-24,26-29H2,1-10H3/b13-11+,16-12+,31-17+,35-25+/t30-,32+,33+,34+,36+,37-,38-,39-,40+,42-,43-,44+,46+,47+,51+/m0/s1. The lowest BCUT2D eigenvalue weighted by molar-refractivity contribution is -0.265. The maximum Gasteiger partial charge on any atom is 0.329 e. The van der Waals surface area contributed by atoms with E-state index in [0.29, 0.717) is 63.4 Å². The fraction of sp³-hybridized carbons (Fsp3) is 0.745. The van der Waals surface area contributed by atoms with Crippen molar-refractivity contribution in [1.29, 1.82) is 0 Å². The third-order valence-electron chi connectivity index (χ3n) is 14.5. The number of ether oxygens (including phenoxy) is 5. The smallest absolute Gasteiger partial charge is 0.329 e. The Balaban J connectivity index is 1.70. The Labute approximate surface area is 387 Å². The van der Waals surface area contributed by atoms with Gasteiger partial charge < -0.3 is 43.9 Å². The highest BCUT2D eigenvalue weighted by Crippen LogP contribution is 2.38. The SMILES string of the molecule is CO[C@H]1C[C@@H]2CC[C@@H](C)[C@@](O)(O2)C(=O)C(=O)N2CCCC[C@H]2C(=O)O[C@H]([C@H](C)C[C@@H]2CC[C@@H](O)[C@H](OC)C2)CC(=O)[C@H](C)/C=C(\C)[C@@H](O)[C@H](OC)C(=O)[C@H](C)C[C@@H](C)/C=C/C=C/C=C/1C. The van der Waals surface area contributed by atoms with Crippen molar-refractivity contribution in [3.8, 4) is 0 Å². The summed E-state index contributed by atoms with van der Waals surface area (Å²) in [5, 5.41) is 33.8. The van der Waals surface area contributed by atoms with Crippen LogP contribution >= 0.6 is 0 Å². The number of nitrogens with zero attached hydrogens (tertiary/aromatic N) is 1. The van der Waals surface area contributed by atoms with Crippen molar-refractivity contribution in [3.63, 3.8) is 0 Å². The van der Waals surface area contributed by atoms with E-state index >= 15 is 0 Å². The van der Waals surface area contributed by atoms with Crippen LogP contribution in [0.3, 0.4) is 0 Å². The summed E-state index contributed by atoms with van der Waals surface area (Å²) in [4.78, 5) is 71.8. The molecule has 2 saturated heterocycles. The fourth-order valence-electron chi connectivity index (χ4n) is 10.1. The van der Waals surface area contributed by atoms with Crippen LogP contribution in [0.4, 0.5) is 0 Å². The average Bonchev–Trinajstić information content (AvgIpc) is 3.28. The zero-order chi connectivity index (χ0) is 48.2. The molecule has 3 fully saturated rings. The molecule has 15 atom stereocenters. The van der Waals surface area contributed by atoms with Crippen molar-refractivity contribution < 1.29 is 63.0 Å². The summed E-state index contributed by atoms with van der Waals surface area (Å²) in [6.07, 6.45) is 11.2. The highest BCUT2D eigenvalue weighted by Gasteiger charge is 2.53. The monoisotopic (exact) mass is 914 g/mol. The second-order valence-corrected chi connectivity index (χ2v) is 19.6. The molecule has 0 unspecified atom stereocenters. The predicted molar refractivity (Wildman–Crippen MR) is 245 cm³/mol. The summed E-state index contributed by atoms with van der Waals surface area (Å²) < 4.78 is 29.4. The van der Waals surface area contributed by atoms with Gasteiger partial charge in [-0.3, -0.25) is 19.2 Å². The van der Waals surface area contributed by atoms with Gasteiger partial charge in [0.25, 0.3) is 11.7 Å². The van der Waals surface area contributed by atoms with Gasteiger partial charge in [-0.2, -0.15) is 0 Å². The van der Waals surface area contributed by atoms with Crippen LogP contribution in [0.1, 0.15) is 126 Å². The molecule has 3 heterocycles. The Bertz CT molecular complexity index is 1760. The molecule has 14 nitrogen and oxygen atoms in total. The molecule has 65 heavy (non-hydrogen) atoms. The summed E-state index contributed by atoms with van der Waals surface area (Å²) in [5.41, 5.74) is 1.27. The first-order valence-electron chi connectivity index (χ1n) is 23.9. The Kier molecular flexibility index (Phi) is 21.0. The highest BCUT2D eigenvalue weighted by atomic mass is 16.6. The van der Waals surface area contributed by atoms with Crippen LogP contribution in [-0.2, 0) is 47.7 Å². The maximum absolute atomic E-state index is 14.4. The summed E-state index contributed by atoms with van der Waals surface area (Å²) in [7, 11) is 4.52. The van der Waals surface area contributed by atoms with E-state index in [1.54, 1.807) is 41.1 Å². The van der Waals surface area contributed by atoms with E-state index in [-0.39, 0.29) is 54.8 Å². The maximum atomic E-state index is 14.4. The number of carbonyl (C=O) groups excluding carboxylic acids is 5. The van der Waals surface area contributed by atoms with Gasteiger partial charge in [-0.1, -0.05) is 71.1 Å². The lowest BCUT2D eigenvalue weighted by Gasteiger charge is -2.42. The first kappa shape index (κ1) is 54.2. The van der Waals surface area contributed by atoms with Crippen LogP contribution in [-0.4, -0.2) is 132 Å². The zero-order valence-electron chi connectivity index (χ0n) is 40.6. The fourth-order valence-corrected chi connectivity index (χ4v) is 10.1. The molecule has 0 aromatic rings. The number of allylic oxidation sites excluding steroid dienone is 6. The molecule has 366 valence electrons. The van der Waals surface area contributed by atoms with E-state index in [0.717, 1.165) is 12.0 Å². The van der Waals surface area contributed by atoms with Crippen LogP contribution < -0.4 is 0 Å². The third kappa shape index (κ3) is 14.3. The minimum absolute atomic E-state index is 0.0193. The Morgan fingerprint density at radius 2 is 1.57 bits per heavy atom. The number of hydrogen-bond acceptors (Lipinski definition) is 13. The van der Waals surface area contributed by atoms with Crippen LogP contribution in [0.25, 0.3) is 0 Å². The normalized spacial score (nSPS) is 40.4. The van der Waals surface area contributed by atoms with E-state index in [9.17, 15) is 39.3 Å². The van der Waals surface area contributed by atoms with E-state index in [4.69, 9.17) is 23.7 Å². The number of esters is 1. The van der Waals surface area contributed by atoms with Gasteiger partial charge in [0.2, 0.25) is 5.79 Å². The van der Waals surface area contributed by atoms with Crippen LogP contribution in [0.2, 0.25) is 0 Å². The molecule has 0 aromatic heterocycles. The number of rotatable bonds is 6. The van der Waals surface area contributed by atoms with Crippen molar-refractivity contribution in [2.24, 2.45) is 35.5 Å². The molecular weight excluding hydrogens is 835 g/mol. The molecule has 3 aliphatic heterocycles. The molecule has 2 bridgehead atoms. The Morgan fingerprint density at radius 1 is 0.846 bits per heavy atom. The molecule has 1 saturated carbocycles. The van der Waals surface area contributed by atoms with E-state index < -0.39 is 83.9 Å². The molecule has 0 aromatic carbocycles. The average molecular weight is 914 g/mol. The number of cyclic esters (lactones) is 1. The number of piperidine rings is 1. The first-order chi connectivity index (χ1) is 30.7. The number of hydrogen-bond donors (Lipinski definition) is 3. The molecule has 4 aliphatic rings. The number of aliphatic hydroxyl groups is 3. The van der Waals surface area contributed by atoms with Crippen LogP contribution in [0.15, 0.2) is 47.6 Å². The van der Waals surface area contributed by atoms with E-state index in [1.807, 2.05) is 58.1 Å². The van der Waals surface area contributed by atoms with Gasteiger partial charge >= 0.3 is 5.97 Å².